The molecule has 0 aliphatic carbocycles. The lowest BCUT2D eigenvalue weighted by molar-refractivity contribution is -0.148. The summed E-state index contributed by atoms with van der Waals surface area (Å²) in [6.07, 6.45) is 1.05. The van der Waals surface area contributed by atoms with Crippen molar-refractivity contribution >= 4 is 13.6 Å². The second kappa shape index (κ2) is 5.80. The zero-order valence-corrected chi connectivity index (χ0v) is 11.2. The molecule has 1 atom stereocenters. The highest BCUT2D eigenvalue weighted by atomic mass is 31.2. The van der Waals surface area contributed by atoms with Gasteiger partial charge in [-0.1, -0.05) is 26.7 Å². The first kappa shape index (κ1) is 15.6. The summed E-state index contributed by atoms with van der Waals surface area (Å²) in [5, 5.41) is -1.73. The Kier molecular flexibility index (Phi) is 5.66. The predicted octanol–water partition coefficient (Wildman–Crippen LogP) is 1.92. The predicted molar refractivity (Wildman–Crippen MR) is 61.2 cm³/mol. The van der Waals surface area contributed by atoms with Gasteiger partial charge in [-0.05, 0) is 19.8 Å². The van der Waals surface area contributed by atoms with Gasteiger partial charge in [0.2, 0.25) is 0 Å². The molecular formula is C10H21O5P. The molecule has 5 nitrogen and oxygen atoms in total. The Bertz CT molecular complexity index is 281. The molecule has 0 saturated heterocycles. The van der Waals surface area contributed by atoms with Crippen molar-refractivity contribution in [3.8, 4) is 0 Å². The molecule has 0 rings (SSSR count). The highest BCUT2D eigenvalue weighted by Gasteiger charge is 2.54. The number of hydrogen-bond donors (Lipinski definition) is 2. The third-order valence-electron chi connectivity index (χ3n) is 3.07. The second-order valence-electron chi connectivity index (χ2n) is 3.93. The molecule has 0 aromatic carbocycles. The van der Waals surface area contributed by atoms with Crippen LogP contribution in [0.3, 0.4) is 0 Å². The summed E-state index contributed by atoms with van der Waals surface area (Å²) < 4.78 is 16.3. The Balaban J connectivity index is 5.35. The zero-order valence-electron chi connectivity index (χ0n) is 10.3. The Morgan fingerprint density at radius 3 is 2.00 bits per heavy atom. The third-order valence-corrected chi connectivity index (χ3v) is 4.83. The number of carbonyl (C=O) groups is 1. The average molecular weight is 252 g/mol. The van der Waals surface area contributed by atoms with E-state index < -0.39 is 18.7 Å². The van der Waals surface area contributed by atoms with Crippen LogP contribution >= 0.6 is 7.60 Å². The highest BCUT2D eigenvalue weighted by Crippen LogP contribution is 2.56. The Morgan fingerprint density at radius 2 is 1.75 bits per heavy atom. The molecule has 0 spiro atoms. The van der Waals surface area contributed by atoms with Crippen molar-refractivity contribution in [3.63, 3.8) is 0 Å². The average Bonchev–Trinajstić information content (AvgIpc) is 2.17. The lowest BCUT2D eigenvalue weighted by Crippen LogP contribution is -2.43. The summed E-state index contributed by atoms with van der Waals surface area (Å²) in [6, 6.07) is 0. The molecule has 0 radical (unpaired) electrons. The van der Waals surface area contributed by atoms with E-state index in [4.69, 9.17) is 4.74 Å². The minimum Gasteiger partial charge on any atom is -0.465 e. The third kappa shape index (κ3) is 2.84. The highest BCUT2D eigenvalue weighted by molar-refractivity contribution is 7.54. The van der Waals surface area contributed by atoms with Gasteiger partial charge < -0.3 is 14.5 Å². The van der Waals surface area contributed by atoms with Crippen LogP contribution in [0.2, 0.25) is 0 Å². The van der Waals surface area contributed by atoms with Gasteiger partial charge in [-0.15, -0.1) is 0 Å². The molecule has 0 heterocycles. The largest absolute Gasteiger partial charge is 0.465 e. The van der Waals surface area contributed by atoms with Gasteiger partial charge >= 0.3 is 13.6 Å². The van der Waals surface area contributed by atoms with E-state index in [-0.39, 0.29) is 12.5 Å². The molecule has 6 heteroatoms. The maximum atomic E-state index is 11.8. The van der Waals surface area contributed by atoms with Gasteiger partial charge in [0.25, 0.3) is 0 Å². The standard InChI is InChI=1S/C10H21O5P/c1-5-8(6-2)10(4,16(12,13)14)9(11)15-7-3/h8H,5-7H2,1-4H3,(H2,12,13,14). The summed E-state index contributed by atoms with van der Waals surface area (Å²) >= 11 is 0. The number of rotatable bonds is 6. The van der Waals surface area contributed by atoms with Crippen molar-refractivity contribution < 1.29 is 23.9 Å². The Morgan fingerprint density at radius 1 is 1.31 bits per heavy atom. The molecule has 0 aromatic heterocycles. The van der Waals surface area contributed by atoms with E-state index in [1.807, 2.05) is 0 Å². The fourth-order valence-corrected chi connectivity index (χ4v) is 3.03. The molecule has 0 aliphatic heterocycles. The van der Waals surface area contributed by atoms with Crippen LogP contribution in [0.15, 0.2) is 0 Å². The van der Waals surface area contributed by atoms with Crippen molar-refractivity contribution in [1.29, 1.82) is 0 Å². The van der Waals surface area contributed by atoms with Crippen LogP contribution in [-0.4, -0.2) is 27.5 Å². The van der Waals surface area contributed by atoms with E-state index >= 15 is 0 Å². The molecule has 0 aromatic rings. The van der Waals surface area contributed by atoms with Gasteiger partial charge in [0.1, 0.15) is 0 Å². The first-order chi connectivity index (χ1) is 7.25. The summed E-state index contributed by atoms with van der Waals surface area (Å²) in [4.78, 5) is 30.5. The van der Waals surface area contributed by atoms with Crippen LogP contribution < -0.4 is 0 Å². The molecule has 0 aliphatic rings. The van der Waals surface area contributed by atoms with E-state index in [0.29, 0.717) is 12.8 Å². The molecule has 16 heavy (non-hydrogen) atoms. The topological polar surface area (TPSA) is 83.8 Å². The normalized spacial score (nSPS) is 15.9. The SMILES string of the molecule is CCOC(=O)C(C)(C(CC)CC)P(=O)(O)O. The van der Waals surface area contributed by atoms with Crippen molar-refractivity contribution in [2.75, 3.05) is 6.61 Å². The van der Waals surface area contributed by atoms with Crippen LogP contribution in [0.5, 0.6) is 0 Å². The van der Waals surface area contributed by atoms with Crippen molar-refractivity contribution in [1.82, 2.24) is 0 Å². The molecule has 96 valence electrons. The minimum absolute atomic E-state index is 0.120. The van der Waals surface area contributed by atoms with E-state index in [1.165, 1.54) is 6.92 Å². The molecule has 1 unspecified atom stereocenters. The fraction of sp³-hybridized carbons (Fsp3) is 0.900. The lowest BCUT2D eigenvalue weighted by atomic mass is 9.88. The van der Waals surface area contributed by atoms with E-state index in [2.05, 4.69) is 0 Å². The molecule has 0 amide bonds. The van der Waals surface area contributed by atoms with E-state index in [0.717, 1.165) is 0 Å². The summed E-state index contributed by atoms with van der Waals surface area (Å²) in [5.41, 5.74) is 0. The minimum atomic E-state index is -4.54. The van der Waals surface area contributed by atoms with Gasteiger partial charge in [-0.25, -0.2) is 0 Å². The lowest BCUT2D eigenvalue weighted by Gasteiger charge is -2.34. The van der Waals surface area contributed by atoms with Crippen molar-refractivity contribution in [2.24, 2.45) is 5.92 Å². The molecule has 0 bridgehead atoms. The Labute approximate surface area is 96.4 Å². The van der Waals surface area contributed by atoms with Gasteiger partial charge in [0, 0.05) is 0 Å². The quantitative estimate of drug-likeness (QED) is 0.557. The monoisotopic (exact) mass is 252 g/mol. The smallest absolute Gasteiger partial charge is 0.342 e. The van der Waals surface area contributed by atoms with Crippen LogP contribution in [0, 0.1) is 5.92 Å². The van der Waals surface area contributed by atoms with E-state index in [1.54, 1.807) is 20.8 Å². The van der Waals surface area contributed by atoms with E-state index in [9.17, 15) is 19.1 Å². The zero-order chi connectivity index (χ0) is 13.0. The molecular weight excluding hydrogens is 231 g/mol. The summed E-state index contributed by atoms with van der Waals surface area (Å²) in [7, 11) is -4.54. The van der Waals surface area contributed by atoms with Crippen LogP contribution in [0.1, 0.15) is 40.5 Å². The number of carbonyl (C=O) groups excluding carboxylic acids is 1. The summed E-state index contributed by atoms with van der Waals surface area (Å²) in [5.74, 6) is -1.19. The maximum absolute atomic E-state index is 11.8. The van der Waals surface area contributed by atoms with Crippen LogP contribution in [0.25, 0.3) is 0 Å². The van der Waals surface area contributed by atoms with Crippen LogP contribution in [-0.2, 0) is 14.1 Å². The van der Waals surface area contributed by atoms with Gasteiger partial charge in [0.15, 0.2) is 5.16 Å². The Hall–Kier alpha value is -0.380. The molecule has 0 fully saturated rings. The summed E-state index contributed by atoms with van der Waals surface area (Å²) in [6.45, 7) is 6.64. The molecule has 2 N–H and O–H groups in total. The van der Waals surface area contributed by atoms with Crippen LogP contribution in [0.4, 0.5) is 0 Å². The first-order valence-corrected chi connectivity index (χ1v) is 7.09. The molecule has 0 saturated carbocycles. The van der Waals surface area contributed by atoms with Crippen molar-refractivity contribution in [3.05, 3.63) is 0 Å². The van der Waals surface area contributed by atoms with Gasteiger partial charge in [-0.2, -0.15) is 0 Å². The number of esters is 1. The number of hydrogen-bond acceptors (Lipinski definition) is 3. The first-order valence-electron chi connectivity index (χ1n) is 5.48. The van der Waals surface area contributed by atoms with Gasteiger partial charge in [-0.3, -0.25) is 9.36 Å². The number of ether oxygens (including phenoxy) is 1. The van der Waals surface area contributed by atoms with Crippen molar-refractivity contribution in [2.45, 2.75) is 45.7 Å². The maximum Gasteiger partial charge on any atom is 0.342 e. The fourth-order valence-electron chi connectivity index (χ4n) is 1.88. The van der Waals surface area contributed by atoms with Gasteiger partial charge in [0.05, 0.1) is 6.61 Å². The second-order valence-corrected chi connectivity index (χ2v) is 5.94.